The first-order chi connectivity index (χ1) is 12.9. The fourth-order valence-electron chi connectivity index (χ4n) is 3.25. The first-order valence-corrected chi connectivity index (χ1v) is 12.3. The van der Waals surface area contributed by atoms with E-state index in [1.807, 2.05) is 0 Å². The van der Waals surface area contributed by atoms with Crippen molar-refractivity contribution in [1.82, 2.24) is 0 Å². The summed E-state index contributed by atoms with van der Waals surface area (Å²) < 4.78 is 31.5. The van der Waals surface area contributed by atoms with Gasteiger partial charge in [0.25, 0.3) is 10.1 Å². The van der Waals surface area contributed by atoms with Crippen LogP contribution in [0.25, 0.3) is 0 Å². The third-order valence-corrected chi connectivity index (χ3v) is 6.31. The smallest absolute Gasteiger partial charge is 0.270 e. The van der Waals surface area contributed by atoms with E-state index >= 15 is 0 Å². The Bertz CT molecular complexity index is 447. The first-order valence-electron chi connectivity index (χ1n) is 10.8. The molecular weight excluding hydrogens is 364 g/mol. The van der Waals surface area contributed by atoms with E-state index in [-0.39, 0.29) is 6.42 Å². The number of unbranched alkanes of at least 4 members (excludes halogenated alkanes) is 12. The molecule has 2 unspecified atom stereocenters. The van der Waals surface area contributed by atoms with E-state index in [0.717, 1.165) is 25.7 Å². The van der Waals surface area contributed by atoms with Gasteiger partial charge in [-0.1, -0.05) is 83.3 Å². The topological polar surface area (TPSA) is 94.8 Å². The van der Waals surface area contributed by atoms with Gasteiger partial charge in [-0.3, -0.25) is 4.55 Å². The van der Waals surface area contributed by atoms with Crippen LogP contribution in [0, 0.1) is 0 Å². The molecule has 0 rings (SSSR count). The molecule has 3 N–H and O–H groups in total. The zero-order chi connectivity index (χ0) is 20.4. The fourth-order valence-corrected chi connectivity index (χ4v) is 4.20. The number of rotatable bonds is 19. The summed E-state index contributed by atoms with van der Waals surface area (Å²) in [6, 6.07) is 0. The summed E-state index contributed by atoms with van der Waals surface area (Å²) in [5.41, 5.74) is 0. The zero-order valence-electron chi connectivity index (χ0n) is 17.2. The number of hydrogen-bond acceptors (Lipinski definition) is 4. The van der Waals surface area contributed by atoms with Crippen LogP contribution in [0.4, 0.5) is 0 Å². The van der Waals surface area contributed by atoms with E-state index in [1.165, 1.54) is 57.8 Å². The van der Waals surface area contributed by atoms with Gasteiger partial charge in [-0.2, -0.15) is 8.42 Å². The molecule has 0 bridgehead atoms. The fraction of sp³-hybridized carbons (Fsp3) is 0.905. The van der Waals surface area contributed by atoms with Crippen LogP contribution in [0.3, 0.4) is 0 Å². The highest BCUT2D eigenvalue weighted by atomic mass is 32.2. The molecule has 0 aliphatic heterocycles. The predicted octanol–water partition coefficient (Wildman–Crippen LogP) is 5.02. The predicted molar refractivity (Wildman–Crippen MR) is 112 cm³/mol. The average molecular weight is 407 g/mol. The van der Waals surface area contributed by atoms with Crippen molar-refractivity contribution in [2.45, 2.75) is 115 Å². The van der Waals surface area contributed by atoms with E-state index in [1.54, 1.807) is 0 Å². The van der Waals surface area contributed by atoms with Crippen molar-refractivity contribution in [3.8, 4) is 0 Å². The van der Waals surface area contributed by atoms with Crippen molar-refractivity contribution in [3.05, 3.63) is 12.2 Å². The molecule has 0 aliphatic carbocycles. The maximum Gasteiger partial charge on any atom is 0.270 e. The molecular formula is C21H42O5S. The van der Waals surface area contributed by atoms with E-state index in [2.05, 4.69) is 19.1 Å². The van der Waals surface area contributed by atoms with Crippen molar-refractivity contribution in [1.29, 1.82) is 0 Å². The summed E-state index contributed by atoms with van der Waals surface area (Å²) in [5, 5.41) is 17.1. The lowest BCUT2D eigenvalue weighted by atomic mass is 10.0. The van der Waals surface area contributed by atoms with Gasteiger partial charge in [-0.25, -0.2) is 0 Å². The molecule has 0 spiro atoms. The molecule has 6 heteroatoms. The van der Waals surface area contributed by atoms with Crippen LogP contribution in [0.1, 0.15) is 103 Å². The molecule has 2 atom stereocenters. The maximum atomic E-state index is 11.2. The molecule has 0 heterocycles. The van der Waals surface area contributed by atoms with Crippen molar-refractivity contribution >= 4 is 10.1 Å². The molecule has 0 fully saturated rings. The van der Waals surface area contributed by atoms with Crippen LogP contribution in [0.2, 0.25) is 0 Å². The molecule has 0 saturated heterocycles. The lowest BCUT2D eigenvalue weighted by Crippen LogP contribution is -2.36. The van der Waals surface area contributed by atoms with E-state index in [4.69, 9.17) is 9.66 Å². The van der Waals surface area contributed by atoms with E-state index < -0.39 is 28.1 Å². The van der Waals surface area contributed by atoms with Crippen LogP contribution < -0.4 is 0 Å². The van der Waals surface area contributed by atoms with Crippen molar-refractivity contribution in [3.63, 3.8) is 0 Å². The van der Waals surface area contributed by atoms with Crippen molar-refractivity contribution < 1.29 is 23.2 Å². The zero-order valence-corrected chi connectivity index (χ0v) is 18.0. The number of aliphatic hydroxyl groups excluding tert-OH is 2. The third kappa shape index (κ3) is 16.2. The minimum atomic E-state index is -4.31. The Morgan fingerprint density at radius 2 is 1.22 bits per heavy atom. The summed E-state index contributed by atoms with van der Waals surface area (Å²) >= 11 is 0. The molecule has 27 heavy (non-hydrogen) atoms. The minimum absolute atomic E-state index is 0.182. The monoisotopic (exact) mass is 406 g/mol. The molecule has 0 aromatic heterocycles. The Hall–Kier alpha value is -0.430. The third-order valence-electron chi connectivity index (χ3n) is 5.00. The minimum Gasteiger partial charge on any atom is -0.394 e. The van der Waals surface area contributed by atoms with Gasteiger partial charge in [0.2, 0.25) is 0 Å². The molecule has 0 saturated carbocycles. The Labute approximate surface area is 167 Å². The van der Waals surface area contributed by atoms with Crippen molar-refractivity contribution in [2.75, 3.05) is 6.61 Å². The average Bonchev–Trinajstić information content (AvgIpc) is 2.62. The highest BCUT2D eigenvalue weighted by Gasteiger charge is 2.29. The summed E-state index contributed by atoms with van der Waals surface area (Å²) in [6.45, 7) is 1.59. The Morgan fingerprint density at radius 1 is 0.778 bits per heavy atom. The van der Waals surface area contributed by atoms with Gasteiger partial charge in [-0.15, -0.1) is 0 Å². The molecule has 0 aromatic carbocycles. The Kier molecular flexibility index (Phi) is 17.4. The van der Waals surface area contributed by atoms with Gasteiger partial charge in [0.05, 0.1) is 12.7 Å². The molecule has 5 nitrogen and oxygen atoms in total. The Morgan fingerprint density at radius 3 is 1.67 bits per heavy atom. The van der Waals surface area contributed by atoms with Crippen LogP contribution in [0.5, 0.6) is 0 Å². The molecule has 162 valence electrons. The van der Waals surface area contributed by atoms with E-state index in [0.29, 0.717) is 6.42 Å². The maximum absolute atomic E-state index is 11.2. The van der Waals surface area contributed by atoms with Gasteiger partial charge in [0, 0.05) is 0 Å². The highest BCUT2D eigenvalue weighted by molar-refractivity contribution is 7.86. The second-order valence-electron chi connectivity index (χ2n) is 7.53. The quantitative estimate of drug-likeness (QED) is 0.159. The van der Waals surface area contributed by atoms with Crippen LogP contribution >= 0.6 is 0 Å². The largest absolute Gasteiger partial charge is 0.394 e. The van der Waals surface area contributed by atoms with Gasteiger partial charge < -0.3 is 10.2 Å². The van der Waals surface area contributed by atoms with Crippen LogP contribution in [-0.4, -0.2) is 41.1 Å². The summed E-state index contributed by atoms with van der Waals surface area (Å²) in [6.07, 6.45) is 19.7. The molecule has 0 amide bonds. The van der Waals surface area contributed by atoms with Crippen LogP contribution in [-0.2, 0) is 10.1 Å². The lowest BCUT2D eigenvalue weighted by molar-refractivity contribution is 0.0863. The SMILES string of the molecule is CCCCCCCCC=CCCCCCCCCC(C(O)CO)S(=O)(=O)O. The summed E-state index contributed by atoms with van der Waals surface area (Å²) in [7, 11) is -4.31. The van der Waals surface area contributed by atoms with Crippen LogP contribution in [0.15, 0.2) is 12.2 Å². The Balaban J connectivity index is 3.50. The summed E-state index contributed by atoms with van der Waals surface area (Å²) in [5.74, 6) is 0. The second kappa shape index (κ2) is 17.7. The highest BCUT2D eigenvalue weighted by Crippen LogP contribution is 2.16. The van der Waals surface area contributed by atoms with Gasteiger partial charge in [0.15, 0.2) is 0 Å². The lowest BCUT2D eigenvalue weighted by Gasteiger charge is -2.18. The summed E-state index contributed by atoms with van der Waals surface area (Å²) in [4.78, 5) is 0. The number of allylic oxidation sites excluding steroid dienone is 2. The first kappa shape index (κ1) is 26.6. The van der Waals surface area contributed by atoms with E-state index in [9.17, 15) is 13.5 Å². The van der Waals surface area contributed by atoms with Gasteiger partial charge in [-0.05, 0) is 32.1 Å². The normalized spacial score (nSPS) is 14.7. The second-order valence-corrected chi connectivity index (χ2v) is 9.17. The standard InChI is InChI=1S/C21H42O5S/c1-2-3-4-5-6-7-8-9-10-11-12-13-14-15-16-17-18-21(20(23)19-22)27(24,25)26/h9-10,20-23H,2-8,11-19H2,1H3,(H,24,25,26). The molecule has 0 aromatic rings. The molecule has 0 radical (unpaired) electrons. The number of hydrogen-bond donors (Lipinski definition) is 3. The number of aliphatic hydroxyl groups is 2. The van der Waals surface area contributed by atoms with Crippen molar-refractivity contribution in [2.24, 2.45) is 0 Å². The van der Waals surface area contributed by atoms with Gasteiger partial charge >= 0.3 is 0 Å². The van der Waals surface area contributed by atoms with Gasteiger partial charge in [0.1, 0.15) is 5.25 Å². The molecule has 0 aliphatic rings.